The number of hydrogen-bond donors (Lipinski definition) is 0. The molecule has 0 aromatic rings. The normalized spacial score (nSPS) is 21.8. The van der Waals surface area contributed by atoms with Crippen LogP contribution >= 0.6 is 11.8 Å². The molecule has 3 nitrogen and oxygen atoms in total. The predicted molar refractivity (Wildman–Crippen MR) is 48.7 cm³/mol. The molecule has 1 rings (SSSR count). The fourth-order valence-corrected chi connectivity index (χ4v) is 2.44. The molecule has 1 heterocycles. The summed E-state index contributed by atoms with van der Waals surface area (Å²) in [5.41, 5.74) is 0. The van der Waals surface area contributed by atoms with Gasteiger partial charge in [0.15, 0.2) is 0 Å². The van der Waals surface area contributed by atoms with E-state index in [4.69, 9.17) is 5.26 Å². The van der Waals surface area contributed by atoms with Crippen LogP contribution in [0, 0.1) is 17.2 Å². The molecule has 1 aliphatic heterocycles. The third kappa shape index (κ3) is 2.15. The van der Waals surface area contributed by atoms with Crippen LogP contribution in [0.4, 0.5) is 0 Å². The number of nitrogens with zero attached hydrogens (tertiary/aromatic N) is 2. The van der Waals surface area contributed by atoms with Gasteiger partial charge in [0.25, 0.3) is 0 Å². The van der Waals surface area contributed by atoms with Crippen LogP contribution in [0.1, 0.15) is 6.42 Å². The van der Waals surface area contributed by atoms with Gasteiger partial charge in [-0.2, -0.15) is 17.0 Å². The van der Waals surface area contributed by atoms with Crippen LogP contribution in [-0.2, 0) is 4.79 Å². The Balaban J connectivity index is 2.41. The van der Waals surface area contributed by atoms with Gasteiger partial charge < -0.3 is 4.90 Å². The molecule has 0 aliphatic carbocycles. The number of carbonyl (C=O) groups excluding carboxylic acids is 1. The summed E-state index contributed by atoms with van der Waals surface area (Å²) >= 11 is 1.82. The fourth-order valence-electron chi connectivity index (χ4n) is 1.22. The molecular weight excluding hydrogens is 172 g/mol. The lowest BCUT2D eigenvalue weighted by atomic mass is 10.1. The molecule has 0 bridgehead atoms. The van der Waals surface area contributed by atoms with Gasteiger partial charge in [-0.15, -0.1) is 0 Å². The summed E-state index contributed by atoms with van der Waals surface area (Å²) in [6.07, 6.45) is 0.971. The Morgan fingerprint density at radius 1 is 1.83 bits per heavy atom. The molecule has 1 unspecified atom stereocenters. The summed E-state index contributed by atoms with van der Waals surface area (Å²) in [4.78, 5) is 13.0. The molecule has 0 radical (unpaired) electrons. The van der Waals surface area contributed by atoms with Gasteiger partial charge in [0.05, 0.1) is 6.07 Å². The predicted octanol–water partition coefficient (Wildman–Crippen LogP) is 0.721. The van der Waals surface area contributed by atoms with E-state index in [1.54, 1.807) is 7.05 Å². The van der Waals surface area contributed by atoms with Gasteiger partial charge >= 0.3 is 0 Å². The Labute approximate surface area is 76.7 Å². The van der Waals surface area contributed by atoms with Crippen LogP contribution in [0.5, 0.6) is 0 Å². The molecule has 4 heteroatoms. The Morgan fingerprint density at radius 3 is 3.08 bits per heavy atom. The Hall–Kier alpha value is -0.690. The quantitative estimate of drug-likeness (QED) is 0.594. The molecule has 12 heavy (non-hydrogen) atoms. The van der Waals surface area contributed by atoms with Gasteiger partial charge in [-0.1, -0.05) is 0 Å². The van der Waals surface area contributed by atoms with Gasteiger partial charge in [0.2, 0.25) is 5.91 Å². The molecular formula is C8H12N2OS. The summed E-state index contributed by atoms with van der Waals surface area (Å²) in [6, 6.07) is 1.97. The smallest absolute Gasteiger partial charge is 0.227 e. The van der Waals surface area contributed by atoms with Crippen LogP contribution in [-0.4, -0.2) is 35.9 Å². The van der Waals surface area contributed by atoms with Crippen molar-refractivity contribution in [3.63, 3.8) is 0 Å². The summed E-state index contributed by atoms with van der Waals surface area (Å²) in [5, 5.41) is 8.38. The van der Waals surface area contributed by atoms with Crippen molar-refractivity contribution >= 4 is 17.7 Å². The minimum absolute atomic E-state index is 0.126. The van der Waals surface area contributed by atoms with Crippen molar-refractivity contribution in [2.75, 3.05) is 25.1 Å². The van der Waals surface area contributed by atoms with Crippen molar-refractivity contribution < 1.29 is 4.79 Å². The minimum atomic E-state index is 0.126. The number of thioether (sulfide) groups is 1. The number of nitriles is 1. The largest absolute Gasteiger partial charge is 0.332 e. The first kappa shape index (κ1) is 9.40. The maximum Gasteiger partial charge on any atom is 0.227 e. The van der Waals surface area contributed by atoms with Crippen molar-refractivity contribution in [2.24, 2.45) is 5.92 Å². The molecule has 1 amide bonds. The highest BCUT2D eigenvalue weighted by Crippen LogP contribution is 2.24. The summed E-state index contributed by atoms with van der Waals surface area (Å²) in [6.45, 7) is 0.208. The number of amides is 1. The van der Waals surface area contributed by atoms with Crippen LogP contribution in [0.25, 0.3) is 0 Å². The Morgan fingerprint density at radius 2 is 2.58 bits per heavy atom. The maximum absolute atomic E-state index is 11.5. The molecule has 1 saturated heterocycles. The van der Waals surface area contributed by atoms with Crippen molar-refractivity contribution in [3.8, 4) is 6.07 Å². The van der Waals surface area contributed by atoms with Crippen LogP contribution in [0.15, 0.2) is 0 Å². The maximum atomic E-state index is 11.5. The average Bonchev–Trinajstić information content (AvgIpc) is 2.55. The van der Waals surface area contributed by atoms with E-state index in [1.807, 2.05) is 17.8 Å². The van der Waals surface area contributed by atoms with Crippen LogP contribution in [0.3, 0.4) is 0 Å². The second-order valence-corrected chi connectivity index (χ2v) is 4.06. The molecule has 0 saturated carbocycles. The zero-order valence-electron chi connectivity index (χ0n) is 7.12. The third-order valence-electron chi connectivity index (χ3n) is 1.96. The molecule has 1 atom stereocenters. The van der Waals surface area contributed by atoms with Gasteiger partial charge in [-0.05, 0) is 12.2 Å². The monoisotopic (exact) mass is 184 g/mol. The van der Waals surface area contributed by atoms with Crippen molar-refractivity contribution in [3.05, 3.63) is 0 Å². The van der Waals surface area contributed by atoms with E-state index in [0.29, 0.717) is 0 Å². The zero-order valence-corrected chi connectivity index (χ0v) is 7.93. The van der Waals surface area contributed by atoms with Gasteiger partial charge in [0.1, 0.15) is 6.54 Å². The first-order valence-electron chi connectivity index (χ1n) is 3.95. The lowest BCUT2D eigenvalue weighted by Crippen LogP contribution is -2.33. The van der Waals surface area contributed by atoms with E-state index in [2.05, 4.69) is 0 Å². The van der Waals surface area contributed by atoms with Crippen LogP contribution < -0.4 is 0 Å². The average molecular weight is 184 g/mol. The third-order valence-corrected chi connectivity index (χ3v) is 3.13. The summed E-state index contributed by atoms with van der Waals surface area (Å²) in [7, 11) is 1.69. The standard InChI is InChI=1S/C8H12N2OS/c1-10(4-3-9)8(11)7-2-5-12-6-7/h7H,2,4-6H2,1H3. The van der Waals surface area contributed by atoms with Gasteiger partial charge in [-0.25, -0.2) is 0 Å². The molecule has 0 aromatic heterocycles. The summed E-state index contributed by atoms with van der Waals surface area (Å²) < 4.78 is 0. The molecule has 66 valence electrons. The summed E-state index contributed by atoms with van der Waals surface area (Å²) in [5.74, 6) is 2.29. The first-order valence-corrected chi connectivity index (χ1v) is 5.11. The number of rotatable bonds is 2. The fraction of sp³-hybridized carbons (Fsp3) is 0.750. The minimum Gasteiger partial charge on any atom is -0.332 e. The van der Waals surface area contributed by atoms with Crippen molar-refractivity contribution in [1.82, 2.24) is 4.90 Å². The van der Waals surface area contributed by atoms with Crippen molar-refractivity contribution in [2.45, 2.75) is 6.42 Å². The first-order chi connectivity index (χ1) is 5.75. The lowest BCUT2D eigenvalue weighted by Gasteiger charge is -2.16. The van der Waals surface area contributed by atoms with E-state index in [0.717, 1.165) is 17.9 Å². The second kappa shape index (κ2) is 4.36. The van der Waals surface area contributed by atoms with E-state index >= 15 is 0 Å². The zero-order chi connectivity index (χ0) is 8.97. The lowest BCUT2D eigenvalue weighted by molar-refractivity contribution is -0.132. The van der Waals surface area contributed by atoms with Crippen LogP contribution in [0.2, 0.25) is 0 Å². The molecule has 0 spiro atoms. The Bertz CT molecular complexity index is 206. The van der Waals surface area contributed by atoms with Crippen molar-refractivity contribution in [1.29, 1.82) is 5.26 Å². The van der Waals surface area contributed by atoms with Gasteiger partial charge in [0, 0.05) is 18.7 Å². The molecule has 0 aromatic carbocycles. The van der Waals surface area contributed by atoms with E-state index in [-0.39, 0.29) is 18.4 Å². The van der Waals surface area contributed by atoms with E-state index in [1.165, 1.54) is 4.90 Å². The number of carbonyl (C=O) groups is 1. The molecule has 1 fully saturated rings. The van der Waals surface area contributed by atoms with Gasteiger partial charge in [-0.3, -0.25) is 4.79 Å². The molecule has 1 aliphatic rings. The highest BCUT2D eigenvalue weighted by molar-refractivity contribution is 7.99. The number of hydrogen-bond acceptors (Lipinski definition) is 3. The van der Waals surface area contributed by atoms with E-state index < -0.39 is 0 Å². The highest BCUT2D eigenvalue weighted by Gasteiger charge is 2.25. The SMILES string of the molecule is CN(CC#N)C(=O)C1CCSC1. The highest BCUT2D eigenvalue weighted by atomic mass is 32.2. The Kier molecular flexibility index (Phi) is 3.42. The molecule has 0 N–H and O–H groups in total. The van der Waals surface area contributed by atoms with E-state index in [9.17, 15) is 4.79 Å². The second-order valence-electron chi connectivity index (χ2n) is 2.91. The topological polar surface area (TPSA) is 44.1 Å².